The normalized spacial score (nSPS) is 22.8. The van der Waals surface area contributed by atoms with Gasteiger partial charge in [0.1, 0.15) is 5.84 Å². The summed E-state index contributed by atoms with van der Waals surface area (Å²) in [6.45, 7) is 2.71. The largest absolute Gasteiger partial charge is 0.300 e. The maximum Gasteiger partial charge on any atom is 0.229 e. The Labute approximate surface area is 98.5 Å². The minimum atomic E-state index is 0.201. The van der Waals surface area contributed by atoms with E-state index in [2.05, 4.69) is 11.1 Å². The molecule has 0 N–H and O–H groups in total. The number of amidine groups is 1. The molecule has 4 heteroatoms. The van der Waals surface area contributed by atoms with E-state index in [0.29, 0.717) is 6.42 Å². The summed E-state index contributed by atoms with van der Waals surface area (Å²) in [4.78, 5) is 19.3. The van der Waals surface area contributed by atoms with Crippen molar-refractivity contribution in [1.82, 2.24) is 4.90 Å². The third-order valence-corrected chi connectivity index (χ3v) is 4.17. The van der Waals surface area contributed by atoms with Gasteiger partial charge in [0, 0.05) is 17.9 Å². The Morgan fingerprint density at radius 1 is 1.50 bits per heavy atom. The molecule has 0 unspecified atom stereocenters. The fraction of sp³-hybridized carbons (Fsp3) is 0.333. The minimum absolute atomic E-state index is 0.201. The molecule has 1 atom stereocenters. The van der Waals surface area contributed by atoms with Crippen LogP contribution in [0.15, 0.2) is 34.2 Å². The Kier molecular flexibility index (Phi) is 2.24. The molecule has 0 saturated carbocycles. The highest BCUT2D eigenvalue weighted by Crippen LogP contribution is 2.42. The Hall–Kier alpha value is -1.29. The van der Waals surface area contributed by atoms with Crippen LogP contribution < -0.4 is 0 Å². The van der Waals surface area contributed by atoms with Gasteiger partial charge >= 0.3 is 0 Å². The zero-order valence-corrected chi connectivity index (χ0v) is 9.83. The number of hydrogen-bond donors (Lipinski definition) is 0. The number of carbonyl (C=O) groups excluding carboxylic acids is 1. The van der Waals surface area contributed by atoms with E-state index in [1.807, 2.05) is 25.1 Å². The number of likely N-dealkylation sites (tertiary alicyclic amines) is 1. The topological polar surface area (TPSA) is 32.7 Å². The number of hydrogen-bond acceptors (Lipinski definition) is 3. The number of para-hydroxylation sites is 1. The van der Waals surface area contributed by atoms with Crippen LogP contribution in [0, 0.1) is 0 Å². The van der Waals surface area contributed by atoms with E-state index in [-0.39, 0.29) is 11.2 Å². The van der Waals surface area contributed by atoms with Gasteiger partial charge in [0.15, 0.2) is 0 Å². The molecule has 16 heavy (non-hydrogen) atoms. The molecular formula is C12H12N2OS. The van der Waals surface area contributed by atoms with Gasteiger partial charge in [0.05, 0.1) is 10.9 Å². The van der Waals surface area contributed by atoms with E-state index >= 15 is 0 Å². The second kappa shape index (κ2) is 3.63. The van der Waals surface area contributed by atoms with E-state index in [0.717, 1.165) is 18.1 Å². The van der Waals surface area contributed by atoms with Crippen LogP contribution in [0.1, 0.15) is 13.3 Å². The monoisotopic (exact) mass is 232 g/mol. The van der Waals surface area contributed by atoms with Gasteiger partial charge in [-0.05, 0) is 19.1 Å². The highest BCUT2D eigenvalue weighted by atomic mass is 32.2. The molecule has 0 bridgehead atoms. The first-order chi connectivity index (χ1) is 7.79. The predicted octanol–water partition coefficient (Wildman–Crippen LogP) is 2.44. The number of rotatable bonds is 1. The van der Waals surface area contributed by atoms with Crippen LogP contribution in [0.3, 0.4) is 0 Å². The molecule has 1 fully saturated rings. The number of nitrogens with zero attached hydrogens (tertiary/aromatic N) is 2. The molecule has 82 valence electrons. The molecule has 1 aromatic carbocycles. The molecule has 0 aromatic heterocycles. The van der Waals surface area contributed by atoms with Gasteiger partial charge in [-0.2, -0.15) is 0 Å². The maximum atomic E-state index is 11.8. The number of amides is 1. The molecule has 3 rings (SSSR count). The summed E-state index contributed by atoms with van der Waals surface area (Å²) in [7, 11) is 0. The summed E-state index contributed by atoms with van der Waals surface area (Å²) >= 11 is 1.76. The number of carbonyl (C=O) groups is 1. The highest BCUT2D eigenvalue weighted by molar-refractivity contribution is 8.01. The molecule has 3 nitrogen and oxygen atoms in total. The van der Waals surface area contributed by atoms with Crippen LogP contribution in [0.2, 0.25) is 0 Å². The van der Waals surface area contributed by atoms with Gasteiger partial charge in [-0.1, -0.05) is 12.1 Å². The summed E-state index contributed by atoms with van der Waals surface area (Å²) in [6.07, 6.45) is 0.589. The number of thioether (sulfide) groups is 1. The van der Waals surface area contributed by atoms with Crippen LogP contribution in [-0.4, -0.2) is 28.4 Å². The second-order valence-electron chi connectivity index (χ2n) is 3.89. The molecule has 2 aliphatic rings. The molecule has 0 radical (unpaired) electrons. The van der Waals surface area contributed by atoms with Crippen molar-refractivity contribution in [2.45, 2.75) is 23.5 Å². The number of benzene rings is 1. The van der Waals surface area contributed by atoms with Crippen LogP contribution in [0.4, 0.5) is 5.69 Å². The second-order valence-corrected chi connectivity index (χ2v) is 5.13. The zero-order chi connectivity index (χ0) is 11.1. The first-order valence-corrected chi connectivity index (χ1v) is 6.32. The molecule has 2 heterocycles. The van der Waals surface area contributed by atoms with Gasteiger partial charge in [0.25, 0.3) is 0 Å². The summed E-state index contributed by atoms with van der Waals surface area (Å²) in [5, 5.41) is 0.224. The summed E-state index contributed by atoms with van der Waals surface area (Å²) in [5.41, 5.74) is 0.993. The maximum absolute atomic E-state index is 11.8. The lowest BCUT2D eigenvalue weighted by Gasteiger charge is -2.21. The molecule has 2 aliphatic heterocycles. The molecule has 0 spiro atoms. The van der Waals surface area contributed by atoms with Crippen LogP contribution >= 0.6 is 11.8 Å². The van der Waals surface area contributed by atoms with Gasteiger partial charge in [-0.3, -0.25) is 9.69 Å². The average Bonchev–Trinajstić information content (AvgIpc) is 2.60. The third kappa shape index (κ3) is 1.37. The van der Waals surface area contributed by atoms with E-state index in [9.17, 15) is 4.79 Å². The summed E-state index contributed by atoms with van der Waals surface area (Å²) < 4.78 is 0. The van der Waals surface area contributed by atoms with E-state index in [1.165, 1.54) is 4.90 Å². The number of fused-ring (bicyclic) bond motifs is 2. The molecule has 1 amide bonds. The lowest BCUT2D eigenvalue weighted by molar-refractivity contribution is -0.125. The van der Waals surface area contributed by atoms with Crippen LogP contribution in [0.25, 0.3) is 0 Å². The van der Waals surface area contributed by atoms with Crippen molar-refractivity contribution in [2.24, 2.45) is 4.99 Å². The van der Waals surface area contributed by atoms with Crippen molar-refractivity contribution >= 4 is 29.2 Å². The Bertz CT molecular complexity index is 484. The van der Waals surface area contributed by atoms with E-state index < -0.39 is 0 Å². The van der Waals surface area contributed by atoms with Gasteiger partial charge < -0.3 is 0 Å². The Morgan fingerprint density at radius 2 is 2.31 bits per heavy atom. The van der Waals surface area contributed by atoms with Crippen molar-refractivity contribution in [1.29, 1.82) is 0 Å². The van der Waals surface area contributed by atoms with Crippen molar-refractivity contribution < 1.29 is 4.79 Å². The third-order valence-electron chi connectivity index (χ3n) is 2.91. The summed E-state index contributed by atoms with van der Waals surface area (Å²) in [5.74, 6) is 1.14. The fourth-order valence-electron chi connectivity index (χ4n) is 2.15. The smallest absolute Gasteiger partial charge is 0.229 e. The molecule has 0 aliphatic carbocycles. The number of aliphatic imine (C=N–C) groups is 1. The first-order valence-electron chi connectivity index (χ1n) is 5.44. The van der Waals surface area contributed by atoms with Crippen molar-refractivity contribution in [3.8, 4) is 0 Å². The lowest BCUT2D eigenvalue weighted by atomic mass is 10.3. The van der Waals surface area contributed by atoms with E-state index in [4.69, 9.17) is 0 Å². The highest BCUT2D eigenvalue weighted by Gasteiger charge is 2.38. The first kappa shape index (κ1) is 9.90. The average molecular weight is 232 g/mol. The van der Waals surface area contributed by atoms with E-state index in [1.54, 1.807) is 16.7 Å². The predicted molar refractivity (Wildman–Crippen MR) is 65.2 cm³/mol. The van der Waals surface area contributed by atoms with Gasteiger partial charge in [0.2, 0.25) is 5.91 Å². The SMILES string of the molecule is CCN1C(=O)C[C@H]2Sc3ccccc3N=C21. The molecule has 1 aromatic rings. The fourth-order valence-corrected chi connectivity index (χ4v) is 3.36. The van der Waals surface area contributed by atoms with Gasteiger partial charge in [-0.25, -0.2) is 4.99 Å². The lowest BCUT2D eigenvalue weighted by Crippen LogP contribution is -2.31. The zero-order valence-electron chi connectivity index (χ0n) is 9.01. The van der Waals surface area contributed by atoms with Crippen LogP contribution in [0.5, 0.6) is 0 Å². The minimum Gasteiger partial charge on any atom is -0.300 e. The summed E-state index contributed by atoms with van der Waals surface area (Å²) in [6, 6.07) is 8.07. The van der Waals surface area contributed by atoms with Crippen molar-refractivity contribution in [3.63, 3.8) is 0 Å². The standard InChI is InChI=1S/C12H12N2OS/c1-2-14-11(15)7-10-12(14)13-8-5-3-4-6-9(8)16-10/h3-6,10H,2,7H2,1H3/t10-/m1/s1. The van der Waals surface area contributed by atoms with Crippen LogP contribution in [-0.2, 0) is 4.79 Å². The van der Waals surface area contributed by atoms with Crippen molar-refractivity contribution in [2.75, 3.05) is 6.54 Å². The quantitative estimate of drug-likeness (QED) is 0.745. The Morgan fingerprint density at radius 3 is 3.12 bits per heavy atom. The Balaban J connectivity index is 2.06. The molecule has 1 saturated heterocycles. The molecular weight excluding hydrogens is 220 g/mol. The van der Waals surface area contributed by atoms with Crippen molar-refractivity contribution in [3.05, 3.63) is 24.3 Å². The van der Waals surface area contributed by atoms with Gasteiger partial charge in [-0.15, -0.1) is 11.8 Å².